The predicted molar refractivity (Wildman–Crippen MR) is 64.4 cm³/mol. The molecule has 0 amide bonds. The molecule has 88 valence electrons. The minimum atomic E-state index is 0.173. The molecule has 5 heteroatoms. The Hall–Kier alpha value is -1.88. The molecule has 1 aliphatic rings. The molecule has 2 aromatic rings. The highest BCUT2D eigenvalue weighted by Crippen LogP contribution is 2.19. The summed E-state index contributed by atoms with van der Waals surface area (Å²) in [4.78, 5) is 2.28. The number of rotatable bonds is 2. The number of nitrogens with zero attached hydrogens (tertiary/aromatic N) is 4. The number of hydrogen-bond donors (Lipinski definition) is 0. The van der Waals surface area contributed by atoms with Crippen LogP contribution in [0, 0.1) is 0 Å². The lowest BCUT2D eigenvalue weighted by Gasteiger charge is -2.29. The Morgan fingerprint density at radius 2 is 2.06 bits per heavy atom. The summed E-state index contributed by atoms with van der Waals surface area (Å²) in [5.74, 6) is 0. The van der Waals surface area contributed by atoms with Gasteiger partial charge in [-0.2, -0.15) is 0 Å². The average Bonchev–Trinajstić information content (AvgIpc) is 2.87. The predicted octanol–water partition coefficient (Wildman–Crippen LogP) is 1.10. The molecule has 2 heterocycles. The van der Waals surface area contributed by atoms with Crippen LogP contribution in [0.15, 0.2) is 36.6 Å². The van der Waals surface area contributed by atoms with Crippen LogP contribution in [0.3, 0.4) is 0 Å². The maximum atomic E-state index is 7.39. The summed E-state index contributed by atoms with van der Waals surface area (Å²) in [6, 6.07) is 8.08. The molecule has 1 fully saturated rings. The molecule has 1 saturated heterocycles. The molecule has 0 unspecified atom stereocenters. The van der Waals surface area contributed by atoms with Crippen LogP contribution in [-0.2, 0) is 4.74 Å². The Morgan fingerprint density at radius 3 is 2.82 bits per heavy atom. The standard InChI is InChI=1S/C12H14N4O/c1-2-11(15-6-8-17-9-7-15)10-12(3-1)16-5-4-13-14-16/h1-5,10H,6-9H2/i4D. The monoisotopic (exact) mass is 231 g/mol. The lowest BCUT2D eigenvalue weighted by atomic mass is 10.2. The van der Waals surface area contributed by atoms with E-state index >= 15 is 0 Å². The summed E-state index contributed by atoms with van der Waals surface area (Å²) < 4.78 is 14.4. The van der Waals surface area contributed by atoms with E-state index in [0.29, 0.717) is 0 Å². The summed E-state index contributed by atoms with van der Waals surface area (Å²) in [6.45, 7) is 3.35. The van der Waals surface area contributed by atoms with Gasteiger partial charge in [0.2, 0.25) is 0 Å². The molecule has 0 aliphatic carbocycles. The van der Waals surface area contributed by atoms with Crippen LogP contribution in [0.5, 0.6) is 0 Å². The summed E-state index contributed by atoms with van der Waals surface area (Å²) in [7, 11) is 0. The summed E-state index contributed by atoms with van der Waals surface area (Å²) >= 11 is 0. The maximum Gasteiger partial charge on any atom is 0.0877 e. The SMILES string of the molecule is [2H]c1cn(-c2cccc(N3CCOCC3)c2)nn1. The minimum absolute atomic E-state index is 0.173. The highest BCUT2D eigenvalue weighted by molar-refractivity contribution is 5.53. The molecular weight excluding hydrogens is 216 g/mol. The van der Waals surface area contributed by atoms with Crippen molar-refractivity contribution < 1.29 is 6.11 Å². The van der Waals surface area contributed by atoms with E-state index in [2.05, 4.69) is 27.3 Å². The van der Waals surface area contributed by atoms with E-state index in [4.69, 9.17) is 6.11 Å². The molecule has 1 aliphatic heterocycles. The van der Waals surface area contributed by atoms with E-state index in [9.17, 15) is 0 Å². The Bertz CT molecular complexity index is 536. The highest BCUT2D eigenvalue weighted by atomic mass is 16.5. The molecule has 0 atom stereocenters. The van der Waals surface area contributed by atoms with Gasteiger partial charge in [0, 0.05) is 18.8 Å². The lowest BCUT2D eigenvalue weighted by molar-refractivity contribution is 0.122. The van der Waals surface area contributed by atoms with Crippen LogP contribution < -0.4 is 4.90 Å². The van der Waals surface area contributed by atoms with E-state index < -0.39 is 0 Å². The normalized spacial score (nSPS) is 16.9. The minimum Gasteiger partial charge on any atom is -0.378 e. The molecule has 17 heavy (non-hydrogen) atoms. The van der Waals surface area contributed by atoms with Gasteiger partial charge in [0.15, 0.2) is 0 Å². The number of morpholine rings is 1. The van der Waals surface area contributed by atoms with E-state index in [1.54, 1.807) is 10.9 Å². The molecule has 5 nitrogen and oxygen atoms in total. The first kappa shape index (κ1) is 9.18. The fourth-order valence-corrected chi connectivity index (χ4v) is 1.96. The van der Waals surface area contributed by atoms with Gasteiger partial charge in [0.25, 0.3) is 0 Å². The van der Waals surface area contributed by atoms with Crippen molar-refractivity contribution >= 4 is 5.69 Å². The fourth-order valence-electron chi connectivity index (χ4n) is 1.96. The van der Waals surface area contributed by atoms with Crippen molar-refractivity contribution in [3.05, 3.63) is 36.6 Å². The van der Waals surface area contributed by atoms with Crippen LogP contribution in [-0.4, -0.2) is 41.3 Å². The van der Waals surface area contributed by atoms with E-state index in [0.717, 1.165) is 37.7 Å². The van der Waals surface area contributed by atoms with Gasteiger partial charge in [-0.1, -0.05) is 11.3 Å². The number of anilines is 1. The van der Waals surface area contributed by atoms with Gasteiger partial charge in [0.05, 0.1) is 32.6 Å². The lowest BCUT2D eigenvalue weighted by Crippen LogP contribution is -2.36. The third kappa shape index (κ3) is 2.14. The number of benzene rings is 1. The molecular formula is C12H14N4O. The van der Waals surface area contributed by atoms with Crippen molar-refractivity contribution in [2.45, 2.75) is 0 Å². The maximum absolute atomic E-state index is 7.39. The van der Waals surface area contributed by atoms with Crippen molar-refractivity contribution in [2.24, 2.45) is 0 Å². The first-order valence-electron chi connectivity index (χ1n) is 6.15. The van der Waals surface area contributed by atoms with Crippen molar-refractivity contribution in [1.29, 1.82) is 0 Å². The van der Waals surface area contributed by atoms with Crippen molar-refractivity contribution in [1.82, 2.24) is 15.0 Å². The third-order valence-corrected chi connectivity index (χ3v) is 2.85. The topological polar surface area (TPSA) is 43.2 Å². The molecule has 0 saturated carbocycles. The first-order chi connectivity index (χ1) is 8.83. The van der Waals surface area contributed by atoms with Crippen LogP contribution >= 0.6 is 0 Å². The van der Waals surface area contributed by atoms with Gasteiger partial charge in [-0.3, -0.25) is 0 Å². The van der Waals surface area contributed by atoms with Gasteiger partial charge in [0.1, 0.15) is 0 Å². The quantitative estimate of drug-likeness (QED) is 0.776. The summed E-state index contributed by atoms with van der Waals surface area (Å²) in [5, 5.41) is 7.59. The van der Waals surface area contributed by atoms with Gasteiger partial charge >= 0.3 is 0 Å². The highest BCUT2D eigenvalue weighted by Gasteiger charge is 2.11. The zero-order chi connectivity index (χ0) is 12.4. The Balaban J connectivity index is 1.88. The van der Waals surface area contributed by atoms with Gasteiger partial charge in [-0.05, 0) is 18.2 Å². The van der Waals surface area contributed by atoms with Gasteiger partial charge in [-0.25, -0.2) is 4.68 Å². The van der Waals surface area contributed by atoms with Gasteiger partial charge in [-0.15, -0.1) is 5.10 Å². The summed E-state index contributed by atoms with van der Waals surface area (Å²) in [5.41, 5.74) is 2.07. The van der Waals surface area contributed by atoms with Crippen molar-refractivity contribution in [3.63, 3.8) is 0 Å². The van der Waals surface area contributed by atoms with E-state index in [-0.39, 0.29) is 6.17 Å². The Morgan fingerprint density at radius 1 is 1.24 bits per heavy atom. The number of hydrogen-bond acceptors (Lipinski definition) is 4. The molecule has 0 radical (unpaired) electrons. The number of ether oxygens (including phenoxy) is 1. The molecule has 0 N–H and O–H groups in total. The van der Waals surface area contributed by atoms with E-state index in [1.165, 1.54) is 0 Å². The Labute approximate surface area is 101 Å². The van der Waals surface area contributed by atoms with Gasteiger partial charge < -0.3 is 9.64 Å². The van der Waals surface area contributed by atoms with Crippen LogP contribution in [0.1, 0.15) is 1.37 Å². The molecule has 0 spiro atoms. The molecule has 1 aromatic carbocycles. The zero-order valence-corrected chi connectivity index (χ0v) is 9.41. The second-order valence-electron chi connectivity index (χ2n) is 3.91. The van der Waals surface area contributed by atoms with Crippen LogP contribution in [0.2, 0.25) is 0 Å². The fraction of sp³-hybridized carbons (Fsp3) is 0.333. The second kappa shape index (κ2) is 4.55. The van der Waals surface area contributed by atoms with Crippen molar-refractivity contribution in [3.8, 4) is 5.69 Å². The molecule has 1 aromatic heterocycles. The first-order valence-corrected chi connectivity index (χ1v) is 5.65. The summed E-state index contributed by atoms with van der Waals surface area (Å²) in [6.07, 6.45) is 1.77. The second-order valence-corrected chi connectivity index (χ2v) is 3.91. The number of aromatic nitrogens is 3. The molecule has 3 rings (SSSR count). The average molecular weight is 231 g/mol. The van der Waals surface area contributed by atoms with Crippen LogP contribution in [0.25, 0.3) is 5.69 Å². The molecule has 0 bridgehead atoms. The zero-order valence-electron chi connectivity index (χ0n) is 10.4. The van der Waals surface area contributed by atoms with E-state index in [1.807, 2.05) is 12.1 Å². The largest absolute Gasteiger partial charge is 0.378 e. The van der Waals surface area contributed by atoms with Crippen molar-refractivity contribution in [2.75, 3.05) is 31.2 Å². The Kier molecular flexibility index (Phi) is 2.46. The van der Waals surface area contributed by atoms with Crippen LogP contribution in [0.4, 0.5) is 5.69 Å². The smallest absolute Gasteiger partial charge is 0.0877 e. The third-order valence-electron chi connectivity index (χ3n) is 2.85.